The Morgan fingerprint density at radius 3 is 1.65 bits per heavy atom. The van der Waals surface area contributed by atoms with E-state index in [9.17, 15) is 19.0 Å². The molecule has 0 fully saturated rings. The molecule has 286 valence electrons. The summed E-state index contributed by atoms with van der Waals surface area (Å²) in [6.07, 6.45) is 37.5. The van der Waals surface area contributed by atoms with Crippen molar-refractivity contribution in [1.29, 1.82) is 0 Å². The van der Waals surface area contributed by atoms with Crippen LogP contribution in [0.15, 0.2) is 36.5 Å². The summed E-state index contributed by atoms with van der Waals surface area (Å²) < 4.78 is 32.6. The summed E-state index contributed by atoms with van der Waals surface area (Å²) in [7, 11) is -4.37. The van der Waals surface area contributed by atoms with Crippen LogP contribution in [0.2, 0.25) is 0 Å². The van der Waals surface area contributed by atoms with Crippen LogP contribution in [0, 0.1) is 0 Å². The van der Waals surface area contributed by atoms with Crippen molar-refractivity contribution in [2.45, 2.75) is 174 Å². The van der Waals surface area contributed by atoms with Crippen LogP contribution >= 0.6 is 7.82 Å². The largest absolute Gasteiger partial charge is 0.472 e. The minimum Gasteiger partial charge on any atom is -0.462 e. The Kier molecular flexibility index (Phi) is 34.7. The summed E-state index contributed by atoms with van der Waals surface area (Å²) in [5.41, 5.74) is 5.33. The van der Waals surface area contributed by atoms with Gasteiger partial charge in [-0.3, -0.25) is 18.6 Å². The van der Waals surface area contributed by atoms with E-state index in [0.29, 0.717) is 6.42 Å². The number of allylic oxidation sites excluding steroid dienone is 6. The zero-order valence-electron chi connectivity index (χ0n) is 31.2. The molecule has 10 heteroatoms. The van der Waals surface area contributed by atoms with E-state index in [0.717, 1.165) is 77.0 Å². The van der Waals surface area contributed by atoms with E-state index >= 15 is 0 Å². The predicted octanol–water partition coefficient (Wildman–Crippen LogP) is 10.6. The van der Waals surface area contributed by atoms with Crippen LogP contribution in [-0.2, 0) is 32.7 Å². The van der Waals surface area contributed by atoms with Gasteiger partial charge in [0.05, 0.1) is 13.2 Å². The first-order valence-electron chi connectivity index (χ1n) is 19.5. The second-order valence-electron chi connectivity index (χ2n) is 12.8. The Labute approximate surface area is 299 Å². The molecule has 0 saturated heterocycles. The topological polar surface area (TPSA) is 134 Å². The van der Waals surface area contributed by atoms with Crippen molar-refractivity contribution in [3.8, 4) is 0 Å². The van der Waals surface area contributed by atoms with Gasteiger partial charge in [-0.2, -0.15) is 0 Å². The lowest BCUT2D eigenvalue weighted by molar-refractivity contribution is -0.161. The second-order valence-corrected chi connectivity index (χ2v) is 14.2. The molecule has 0 aromatic heterocycles. The summed E-state index contributed by atoms with van der Waals surface area (Å²) in [6, 6.07) is 0. The first-order chi connectivity index (χ1) is 23.8. The quantitative estimate of drug-likeness (QED) is 0.0281. The number of unbranched alkanes of at least 4 members (excludes halogenated alkanes) is 17. The van der Waals surface area contributed by atoms with Gasteiger partial charge in [0.1, 0.15) is 6.61 Å². The van der Waals surface area contributed by atoms with Gasteiger partial charge in [0.25, 0.3) is 0 Å². The molecule has 0 heterocycles. The lowest BCUT2D eigenvalue weighted by Crippen LogP contribution is -2.29. The van der Waals surface area contributed by atoms with Crippen molar-refractivity contribution in [3.63, 3.8) is 0 Å². The van der Waals surface area contributed by atoms with Crippen molar-refractivity contribution >= 4 is 19.8 Å². The van der Waals surface area contributed by atoms with Gasteiger partial charge in [-0.05, 0) is 64.2 Å². The van der Waals surface area contributed by atoms with Crippen molar-refractivity contribution in [1.82, 2.24) is 0 Å². The highest BCUT2D eigenvalue weighted by atomic mass is 31.2. The van der Waals surface area contributed by atoms with Crippen LogP contribution in [0.4, 0.5) is 0 Å². The molecule has 0 aliphatic heterocycles. The highest BCUT2D eigenvalue weighted by Crippen LogP contribution is 2.43. The van der Waals surface area contributed by atoms with Crippen molar-refractivity contribution < 1.29 is 37.6 Å². The lowest BCUT2D eigenvalue weighted by Gasteiger charge is -2.19. The van der Waals surface area contributed by atoms with E-state index in [-0.39, 0.29) is 32.6 Å². The number of phosphoric ester groups is 1. The average molecular weight is 714 g/mol. The standard InChI is InChI=1S/C39H72NO8P/c1-3-5-7-9-11-13-15-16-17-18-19-20-21-22-24-26-28-30-32-39(42)48-37(36-47-49(43,44)46-34-33-40)35-45-38(41)31-29-27-25-23-14-12-10-8-6-4-2/h8,10,13,15,17-18,37H,3-7,9,11-12,14,16,19-36,40H2,1-2H3,(H,43,44)/b10-8-,15-13-,18-17-. The molecule has 0 radical (unpaired) electrons. The molecular formula is C39H72NO8P. The fraction of sp³-hybridized carbons (Fsp3) is 0.795. The number of hydrogen-bond donors (Lipinski definition) is 2. The molecule has 3 N–H and O–H groups in total. The number of esters is 2. The number of hydrogen-bond acceptors (Lipinski definition) is 8. The first-order valence-corrected chi connectivity index (χ1v) is 21.0. The van der Waals surface area contributed by atoms with E-state index < -0.39 is 32.5 Å². The Hall–Kier alpha value is -1.77. The monoisotopic (exact) mass is 713 g/mol. The Morgan fingerprint density at radius 1 is 0.612 bits per heavy atom. The SMILES string of the molecule is CCC/C=C\CCCCCCCC(=O)OCC(COP(=O)(O)OCCN)OC(=O)CCCCCCCCC/C=C\C/C=C\CCCCCC. The second kappa shape index (κ2) is 36.0. The highest BCUT2D eigenvalue weighted by molar-refractivity contribution is 7.47. The zero-order chi connectivity index (χ0) is 36.1. The van der Waals surface area contributed by atoms with Crippen LogP contribution in [0.5, 0.6) is 0 Å². The summed E-state index contributed by atoms with van der Waals surface area (Å²) in [5, 5.41) is 0. The van der Waals surface area contributed by atoms with Gasteiger partial charge in [-0.25, -0.2) is 4.57 Å². The normalized spacial score (nSPS) is 13.8. The molecule has 0 bridgehead atoms. The molecular weight excluding hydrogens is 641 g/mol. The maximum absolute atomic E-state index is 12.5. The molecule has 0 spiro atoms. The third kappa shape index (κ3) is 35.8. The minimum atomic E-state index is -4.37. The molecule has 0 saturated carbocycles. The Balaban J connectivity index is 4.20. The van der Waals surface area contributed by atoms with Gasteiger partial charge < -0.3 is 20.1 Å². The predicted molar refractivity (Wildman–Crippen MR) is 201 cm³/mol. The van der Waals surface area contributed by atoms with E-state index in [1.54, 1.807) is 0 Å². The number of carbonyl (C=O) groups is 2. The summed E-state index contributed by atoms with van der Waals surface area (Å²) in [4.78, 5) is 34.7. The highest BCUT2D eigenvalue weighted by Gasteiger charge is 2.25. The molecule has 2 unspecified atom stereocenters. The van der Waals surface area contributed by atoms with Crippen molar-refractivity contribution in [2.75, 3.05) is 26.4 Å². The third-order valence-corrected chi connectivity index (χ3v) is 8.96. The summed E-state index contributed by atoms with van der Waals surface area (Å²) in [6.45, 7) is 3.62. The van der Waals surface area contributed by atoms with Gasteiger partial charge in [0.2, 0.25) is 0 Å². The Bertz CT molecular complexity index is 907. The fourth-order valence-corrected chi connectivity index (χ4v) is 5.84. The van der Waals surface area contributed by atoms with Gasteiger partial charge in [0, 0.05) is 19.4 Å². The smallest absolute Gasteiger partial charge is 0.462 e. The average Bonchev–Trinajstić information content (AvgIpc) is 3.08. The molecule has 49 heavy (non-hydrogen) atoms. The van der Waals surface area contributed by atoms with E-state index in [1.807, 2.05) is 0 Å². The zero-order valence-corrected chi connectivity index (χ0v) is 32.1. The van der Waals surface area contributed by atoms with Gasteiger partial charge >= 0.3 is 19.8 Å². The fourth-order valence-electron chi connectivity index (χ4n) is 5.08. The molecule has 0 aromatic rings. The molecule has 0 amide bonds. The minimum absolute atomic E-state index is 0.0503. The molecule has 0 rings (SSSR count). The van der Waals surface area contributed by atoms with Crippen molar-refractivity contribution in [3.05, 3.63) is 36.5 Å². The molecule has 0 aromatic carbocycles. The van der Waals surface area contributed by atoms with Crippen LogP contribution < -0.4 is 5.73 Å². The van der Waals surface area contributed by atoms with Gasteiger partial charge in [-0.15, -0.1) is 0 Å². The van der Waals surface area contributed by atoms with Gasteiger partial charge in [0.15, 0.2) is 6.10 Å². The maximum atomic E-state index is 12.5. The van der Waals surface area contributed by atoms with Gasteiger partial charge in [-0.1, -0.05) is 127 Å². The summed E-state index contributed by atoms with van der Waals surface area (Å²) in [5.74, 6) is -0.852. The molecule has 2 atom stereocenters. The number of carbonyl (C=O) groups excluding carboxylic acids is 2. The molecule has 9 nitrogen and oxygen atoms in total. The molecule has 0 aliphatic rings. The third-order valence-electron chi connectivity index (χ3n) is 7.98. The first kappa shape index (κ1) is 47.2. The van der Waals surface area contributed by atoms with Crippen LogP contribution in [-0.4, -0.2) is 49.3 Å². The van der Waals surface area contributed by atoms with Crippen molar-refractivity contribution in [2.24, 2.45) is 5.73 Å². The van der Waals surface area contributed by atoms with Crippen LogP contribution in [0.25, 0.3) is 0 Å². The number of nitrogens with two attached hydrogens (primary N) is 1. The van der Waals surface area contributed by atoms with Crippen LogP contribution in [0.3, 0.4) is 0 Å². The number of phosphoric acid groups is 1. The lowest BCUT2D eigenvalue weighted by atomic mass is 10.1. The Morgan fingerprint density at radius 2 is 1.10 bits per heavy atom. The van der Waals surface area contributed by atoms with E-state index in [1.165, 1.54) is 57.8 Å². The molecule has 0 aliphatic carbocycles. The van der Waals surface area contributed by atoms with E-state index in [2.05, 4.69) is 50.3 Å². The number of rotatable bonds is 36. The van der Waals surface area contributed by atoms with Crippen LogP contribution in [0.1, 0.15) is 168 Å². The maximum Gasteiger partial charge on any atom is 0.472 e. The number of ether oxygens (including phenoxy) is 2. The van der Waals surface area contributed by atoms with E-state index in [4.69, 9.17) is 24.3 Å². The summed E-state index contributed by atoms with van der Waals surface area (Å²) >= 11 is 0.